The Kier molecular flexibility index (Phi) is 4.25. The van der Waals surface area contributed by atoms with Crippen LogP contribution in [0, 0.1) is 6.92 Å². The summed E-state index contributed by atoms with van der Waals surface area (Å²) in [4.78, 5) is 15.2. The van der Waals surface area contributed by atoms with Crippen molar-refractivity contribution in [2.45, 2.75) is 13.1 Å². The number of alkyl halides is 3. The number of carbonyl (C=O) groups excluding carboxylic acids is 1. The van der Waals surface area contributed by atoms with Gasteiger partial charge >= 0.3 is 6.18 Å². The van der Waals surface area contributed by atoms with Gasteiger partial charge in [-0.1, -0.05) is 6.58 Å². The maximum atomic E-state index is 12.7. The van der Waals surface area contributed by atoms with Gasteiger partial charge in [0.25, 0.3) is 0 Å². The van der Waals surface area contributed by atoms with Crippen molar-refractivity contribution in [1.29, 1.82) is 0 Å². The summed E-state index contributed by atoms with van der Waals surface area (Å²) in [6.07, 6.45) is -3.05. The number of aryl methyl sites for hydroxylation is 1. The topological polar surface area (TPSA) is 23.6 Å². The first-order valence-electron chi connectivity index (χ1n) is 6.67. The minimum absolute atomic E-state index is 0.113. The fourth-order valence-electron chi connectivity index (χ4n) is 2.48. The van der Waals surface area contributed by atoms with Gasteiger partial charge in [0.05, 0.1) is 5.56 Å². The molecule has 1 aromatic carbocycles. The second-order valence-electron chi connectivity index (χ2n) is 5.01. The lowest BCUT2D eigenvalue weighted by molar-refractivity contribution is -0.138. The Morgan fingerprint density at radius 2 is 1.86 bits per heavy atom. The lowest BCUT2D eigenvalue weighted by Crippen LogP contribution is -2.48. The van der Waals surface area contributed by atoms with Crippen molar-refractivity contribution < 1.29 is 18.0 Å². The highest BCUT2D eigenvalue weighted by molar-refractivity contribution is 5.87. The number of benzene rings is 1. The van der Waals surface area contributed by atoms with Crippen molar-refractivity contribution in [3.8, 4) is 0 Å². The van der Waals surface area contributed by atoms with Gasteiger partial charge in [0.2, 0.25) is 5.91 Å². The SMILES string of the molecule is C=CC(=O)N1CCN(c2ccc(C(F)(F)F)c(C)c2)CC1. The number of anilines is 1. The predicted molar refractivity (Wildman–Crippen MR) is 75.2 cm³/mol. The van der Waals surface area contributed by atoms with Crippen LogP contribution in [-0.4, -0.2) is 37.0 Å². The molecule has 1 aliphatic heterocycles. The van der Waals surface area contributed by atoms with E-state index >= 15 is 0 Å². The first kappa shape index (κ1) is 15.4. The highest BCUT2D eigenvalue weighted by atomic mass is 19.4. The molecule has 1 aliphatic rings. The van der Waals surface area contributed by atoms with Gasteiger partial charge in [-0.2, -0.15) is 13.2 Å². The van der Waals surface area contributed by atoms with E-state index in [1.807, 2.05) is 4.90 Å². The Bertz CT molecular complexity index is 546. The fourth-order valence-corrected chi connectivity index (χ4v) is 2.48. The van der Waals surface area contributed by atoms with E-state index in [1.54, 1.807) is 11.0 Å². The number of nitrogens with zero attached hydrogens (tertiary/aromatic N) is 2. The smallest absolute Gasteiger partial charge is 0.368 e. The van der Waals surface area contributed by atoms with Gasteiger partial charge in [0.1, 0.15) is 0 Å². The van der Waals surface area contributed by atoms with E-state index in [1.165, 1.54) is 19.1 Å². The number of hydrogen-bond acceptors (Lipinski definition) is 2. The molecular formula is C15H17F3N2O. The standard InChI is InChI=1S/C15H17F3N2O/c1-3-14(21)20-8-6-19(7-9-20)12-4-5-13(11(2)10-12)15(16,17)18/h3-5,10H,1,6-9H2,2H3. The van der Waals surface area contributed by atoms with Crippen LogP contribution < -0.4 is 4.90 Å². The third-order valence-electron chi connectivity index (χ3n) is 3.65. The number of rotatable bonds is 2. The molecule has 0 spiro atoms. The Labute approximate surface area is 121 Å². The average Bonchev–Trinajstić information content (AvgIpc) is 2.45. The monoisotopic (exact) mass is 298 g/mol. The number of amides is 1. The van der Waals surface area contributed by atoms with E-state index in [9.17, 15) is 18.0 Å². The van der Waals surface area contributed by atoms with Gasteiger partial charge in [-0.25, -0.2) is 0 Å². The van der Waals surface area contributed by atoms with Crippen LogP contribution in [0.4, 0.5) is 18.9 Å². The number of piperazine rings is 1. The minimum atomic E-state index is -4.32. The molecule has 1 aromatic rings. The summed E-state index contributed by atoms with van der Waals surface area (Å²) in [7, 11) is 0. The van der Waals surface area contributed by atoms with Crippen LogP contribution in [0.25, 0.3) is 0 Å². The normalized spacial score (nSPS) is 16.0. The zero-order valence-corrected chi connectivity index (χ0v) is 11.8. The molecule has 0 aliphatic carbocycles. The molecule has 0 atom stereocenters. The molecule has 0 aromatic heterocycles. The Balaban J connectivity index is 2.09. The molecule has 1 fully saturated rings. The molecule has 3 nitrogen and oxygen atoms in total. The molecule has 0 bridgehead atoms. The molecule has 114 valence electrons. The molecule has 2 rings (SSSR count). The zero-order chi connectivity index (χ0) is 15.6. The van der Waals surface area contributed by atoms with Crippen LogP contribution in [0.2, 0.25) is 0 Å². The highest BCUT2D eigenvalue weighted by Gasteiger charge is 2.32. The third kappa shape index (κ3) is 3.37. The number of halogens is 3. The fraction of sp³-hybridized carbons (Fsp3) is 0.400. The van der Waals surface area contributed by atoms with E-state index < -0.39 is 11.7 Å². The van der Waals surface area contributed by atoms with Gasteiger partial charge in [0.15, 0.2) is 0 Å². The molecule has 1 heterocycles. The third-order valence-corrected chi connectivity index (χ3v) is 3.65. The van der Waals surface area contributed by atoms with Gasteiger partial charge in [-0.15, -0.1) is 0 Å². The van der Waals surface area contributed by atoms with Crippen LogP contribution in [0.3, 0.4) is 0 Å². The van der Waals surface area contributed by atoms with E-state index in [2.05, 4.69) is 6.58 Å². The maximum absolute atomic E-state index is 12.7. The zero-order valence-electron chi connectivity index (χ0n) is 11.8. The second kappa shape index (κ2) is 5.79. The predicted octanol–water partition coefficient (Wildman–Crippen LogP) is 2.85. The lowest BCUT2D eigenvalue weighted by Gasteiger charge is -2.36. The molecule has 6 heteroatoms. The molecule has 1 saturated heterocycles. The van der Waals surface area contributed by atoms with Crippen molar-refractivity contribution in [1.82, 2.24) is 4.90 Å². The Morgan fingerprint density at radius 3 is 2.33 bits per heavy atom. The molecular weight excluding hydrogens is 281 g/mol. The summed E-state index contributed by atoms with van der Waals surface area (Å²) in [5, 5.41) is 0. The largest absolute Gasteiger partial charge is 0.416 e. The molecule has 0 saturated carbocycles. The Morgan fingerprint density at radius 1 is 1.24 bits per heavy atom. The summed E-state index contributed by atoms with van der Waals surface area (Å²) in [5.41, 5.74) is 0.363. The Hall–Kier alpha value is -1.98. The van der Waals surface area contributed by atoms with Gasteiger partial charge in [-0.05, 0) is 36.8 Å². The van der Waals surface area contributed by atoms with Gasteiger partial charge in [-0.3, -0.25) is 4.79 Å². The van der Waals surface area contributed by atoms with E-state index in [-0.39, 0.29) is 11.5 Å². The molecule has 0 unspecified atom stereocenters. The van der Waals surface area contributed by atoms with E-state index in [0.717, 1.165) is 11.8 Å². The summed E-state index contributed by atoms with van der Waals surface area (Å²) < 4.78 is 38.2. The first-order valence-corrected chi connectivity index (χ1v) is 6.67. The quantitative estimate of drug-likeness (QED) is 0.784. The second-order valence-corrected chi connectivity index (χ2v) is 5.01. The molecule has 0 radical (unpaired) electrons. The van der Waals surface area contributed by atoms with E-state index in [0.29, 0.717) is 26.2 Å². The summed E-state index contributed by atoms with van der Waals surface area (Å²) >= 11 is 0. The van der Waals surface area contributed by atoms with Gasteiger partial charge < -0.3 is 9.80 Å². The van der Waals surface area contributed by atoms with Crippen LogP contribution in [0.5, 0.6) is 0 Å². The molecule has 21 heavy (non-hydrogen) atoms. The summed E-state index contributed by atoms with van der Waals surface area (Å²) in [5.74, 6) is -0.113. The molecule has 1 amide bonds. The van der Waals surface area contributed by atoms with Crippen molar-refractivity contribution >= 4 is 11.6 Å². The highest BCUT2D eigenvalue weighted by Crippen LogP contribution is 2.33. The summed E-state index contributed by atoms with van der Waals surface area (Å²) in [6, 6.07) is 4.15. The van der Waals surface area contributed by atoms with Gasteiger partial charge in [0, 0.05) is 31.9 Å². The van der Waals surface area contributed by atoms with Crippen LogP contribution >= 0.6 is 0 Å². The van der Waals surface area contributed by atoms with Crippen molar-refractivity contribution in [3.05, 3.63) is 42.0 Å². The number of hydrogen-bond donors (Lipinski definition) is 0. The van der Waals surface area contributed by atoms with Crippen molar-refractivity contribution in [2.75, 3.05) is 31.1 Å². The lowest BCUT2D eigenvalue weighted by atomic mass is 10.1. The maximum Gasteiger partial charge on any atom is 0.416 e. The van der Waals surface area contributed by atoms with E-state index in [4.69, 9.17) is 0 Å². The van der Waals surface area contributed by atoms with Crippen molar-refractivity contribution in [2.24, 2.45) is 0 Å². The van der Waals surface area contributed by atoms with Crippen LogP contribution in [0.1, 0.15) is 11.1 Å². The van der Waals surface area contributed by atoms with Crippen LogP contribution in [-0.2, 0) is 11.0 Å². The molecule has 0 N–H and O–H groups in total. The number of carbonyl (C=O) groups is 1. The first-order chi connectivity index (χ1) is 9.82. The minimum Gasteiger partial charge on any atom is -0.368 e. The summed E-state index contributed by atoms with van der Waals surface area (Å²) in [6.45, 7) is 7.20. The van der Waals surface area contributed by atoms with Crippen molar-refractivity contribution in [3.63, 3.8) is 0 Å². The average molecular weight is 298 g/mol. The van der Waals surface area contributed by atoms with Crippen LogP contribution in [0.15, 0.2) is 30.9 Å².